The number of hydrogen-bond acceptors (Lipinski definition) is 6. The van der Waals surface area contributed by atoms with E-state index in [9.17, 15) is 5.11 Å². The van der Waals surface area contributed by atoms with Gasteiger partial charge in [-0.15, -0.1) is 0 Å². The third kappa shape index (κ3) is 6.29. The minimum atomic E-state index is -0.450. The molecule has 2 fully saturated rings. The van der Waals surface area contributed by atoms with E-state index in [1.807, 2.05) is 24.3 Å². The van der Waals surface area contributed by atoms with Gasteiger partial charge in [0.05, 0.1) is 25.4 Å². The van der Waals surface area contributed by atoms with Gasteiger partial charge in [0.25, 0.3) is 0 Å². The van der Waals surface area contributed by atoms with Gasteiger partial charge in [0.15, 0.2) is 6.29 Å². The standard InChI is InChI=1S/C31H38N2O4/c1-35-21-28-6-3-15-33(28)19-29-17-30(25-9-7-22(20-34)8-10-25)37-31(36-29)26-13-11-24(12-14-26)27-5-2-4-23(16-27)18-32/h2,4-5,7-14,16,28-31,34H,3,6,15,17-21,32H2,1H3/t28-,29-,30+,31+/m0/s1. The zero-order valence-corrected chi connectivity index (χ0v) is 21.6. The van der Waals surface area contributed by atoms with Crippen LogP contribution in [0.2, 0.25) is 0 Å². The molecule has 4 atom stereocenters. The van der Waals surface area contributed by atoms with Crippen molar-refractivity contribution in [3.05, 3.63) is 95.1 Å². The number of nitrogens with two attached hydrogens (primary N) is 1. The van der Waals surface area contributed by atoms with Crippen molar-refractivity contribution < 1.29 is 19.3 Å². The normalized spacial score (nSPS) is 24.4. The van der Waals surface area contributed by atoms with Crippen molar-refractivity contribution in [2.75, 3.05) is 26.8 Å². The molecule has 3 aromatic carbocycles. The molecule has 0 amide bonds. The minimum absolute atomic E-state index is 0.0382. The largest absolute Gasteiger partial charge is 0.392 e. The number of methoxy groups -OCH3 is 1. The van der Waals surface area contributed by atoms with E-state index < -0.39 is 6.29 Å². The Morgan fingerprint density at radius 1 is 0.946 bits per heavy atom. The number of benzene rings is 3. The van der Waals surface area contributed by atoms with Crippen molar-refractivity contribution >= 4 is 0 Å². The van der Waals surface area contributed by atoms with E-state index in [2.05, 4.69) is 53.4 Å². The predicted octanol–water partition coefficient (Wildman–Crippen LogP) is 4.96. The molecule has 2 saturated heterocycles. The average Bonchev–Trinajstić information content (AvgIpc) is 3.39. The Morgan fingerprint density at radius 3 is 2.46 bits per heavy atom. The van der Waals surface area contributed by atoms with E-state index >= 15 is 0 Å². The molecule has 2 aliphatic heterocycles. The highest BCUT2D eigenvalue weighted by Crippen LogP contribution is 2.39. The first-order chi connectivity index (χ1) is 18.2. The third-order valence-corrected chi connectivity index (χ3v) is 7.59. The molecule has 0 spiro atoms. The Balaban J connectivity index is 1.36. The van der Waals surface area contributed by atoms with Gasteiger partial charge in [-0.3, -0.25) is 4.90 Å². The van der Waals surface area contributed by atoms with Crippen LogP contribution in [0.1, 0.15) is 53.9 Å². The molecule has 3 aromatic rings. The van der Waals surface area contributed by atoms with Crippen molar-refractivity contribution in [2.24, 2.45) is 5.73 Å². The molecule has 3 N–H and O–H groups in total. The fraction of sp³-hybridized carbons (Fsp3) is 0.419. The number of aliphatic hydroxyl groups is 1. The second-order valence-electron chi connectivity index (χ2n) is 10.1. The van der Waals surface area contributed by atoms with Gasteiger partial charge >= 0.3 is 0 Å². The van der Waals surface area contributed by atoms with Crippen LogP contribution in [0, 0.1) is 0 Å². The first-order valence-corrected chi connectivity index (χ1v) is 13.3. The van der Waals surface area contributed by atoms with Crippen LogP contribution in [0.3, 0.4) is 0 Å². The Morgan fingerprint density at radius 2 is 1.73 bits per heavy atom. The molecule has 0 radical (unpaired) electrons. The lowest BCUT2D eigenvalue weighted by atomic mass is 9.99. The van der Waals surface area contributed by atoms with Gasteiger partial charge in [0.1, 0.15) is 0 Å². The van der Waals surface area contributed by atoms with Gasteiger partial charge in [0.2, 0.25) is 0 Å². The van der Waals surface area contributed by atoms with E-state index in [1.165, 1.54) is 12.8 Å². The van der Waals surface area contributed by atoms with Crippen molar-refractivity contribution in [1.82, 2.24) is 4.90 Å². The minimum Gasteiger partial charge on any atom is -0.392 e. The fourth-order valence-corrected chi connectivity index (χ4v) is 5.52. The zero-order chi connectivity index (χ0) is 25.6. The maximum atomic E-state index is 9.46. The molecule has 196 valence electrons. The van der Waals surface area contributed by atoms with Crippen LogP contribution >= 0.6 is 0 Å². The number of aliphatic hydroxyl groups excluding tert-OH is 1. The molecule has 6 heteroatoms. The summed E-state index contributed by atoms with van der Waals surface area (Å²) in [6.07, 6.45) is 2.66. The van der Waals surface area contributed by atoms with Gasteiger partial charge in [-0.1, -0.05) is 66.7 Å². The third-order valence-electron chi connectivity index (χ3n) is 7.59. The second-order valence-corrected chi connectivity index (χ2v) is 10.1. The number of nitrogens with zero attached hydrogens (tertiary/aromatic N) is 1. The predicted molar refractivity (Wildman–Crippen MR) is 145 cm³/mol. The summed E-state index contributed by atoms with van der Waals surface area (Å²) in [7, 11) is 1.78. The number of likely N-dealkylation sites (tertiary alicyclic amines) is 1. The first-order valence-electron chi connectivity index (χ1n) is 13.3. The van der Waals surface area contributed by atoms with E-state index in [4.69, 9.17) is 19.9 Å². The molecule has 0 aliphatic carbocycles. The molecule has 2 heterocycles. The molecule has 2 aliphatic rings. The number of rotatable bonds is 9. The Bertz CT molecular complexity index is 1130. The quantitative estimate of drug-likeness (QED) is 0.431. The Hall–Kier alpha value is -2.58. The molecule has 37 heavy (non-hydrogen) atoms. The number of ether oxygens (including phenoxy) is 3. The summed E-state index contributed by atoms with van der Waals surface area (Å²) >= 11 is 0. The lowest BCUT2D eigenvalue weighted by Crippen LogP contribution is -2.42. The van der Waals surface area contributed by atoms with Crippen LogP contribution in [-0.2, 0) is 27.4 Å². The summed E-state index contributed by atoms with van der Waals surface area (Å²) in [5.41, 5.74) is 12.3. The summed E-state index contributed by atoms with van der Waals surface area (Å²) in [6, 6.07) is 25.3. The molecular weight excluding hydrogens is 464 g/mol. The molecule has 6 nitrogen and oxygen atoms in total. The monoisotopic (exact) mass is 502 g/mol. The van der Waals surface area contributed by atoms with E-state index in [-0.39, 0.29) is 18.8 Å². The van der Waals surface area contributed by atoms with Crippen molar-refractivity contribution in [1.29, 1.82) is 0 Å². The van der Waals surface area contributed by atoms with Gasteiger partial charge in [0, 0.05) is 38.2 Å². The maximum Gasteiger partial charge on any atom is 0.184 e. The lowest BCUT2D eigenvalue weighted by Gasteiger charge is -2.38. The van der Waals surface area contributed by atoms with Crippen LogP contribution in [0.5, 0.6) is 0 Å². The second kappa shape index (κ2) is 12.3. The van der Waals surface area contributed by atoms with E-state index in [0.29, 0.717) is 12.6 Å². The van der Waals surface area contributed by atoms with Crippen molar-refractivity contribution in [3.8, 4) is 11.1 Å². The maximum absolute atomic E-state index is 9.46. The highest BCUT2D eigenvalue weighted by molar-refractivity contribution is 5.64. The van der Waals surface area contributed by atoms with Gasteiger partial charge in [-0.05, 0) is 53.3 Å². The molecule has 0 aromatic heterocycles. The Labute approximate surface area is 220 Å². The summed E-state index contributed by atoms with van der Waals surface area (Å²) in [4.78, 5) is 2.51. The Kier molecular flexibility index (Phi) is 8.66. The van der Waals surface area contributed by atoms with E-state index in [1.54, 1.807) is 7.11 Å². The van der Waals surface area contributed by atoms with Crippen molar-refractivity contribution in [3.63, 3.8) is 0 Å². The molecule has 0 saturated carbocycles. The molecule has 5 rings (SSSR count). The summed E-state index contributed by atoms with van der Waals surface area (Å²) in [5.74, 6) is 0. The van der Waals surface area contributed by atoms with Gasteiger partial charge < -0.3 is 25.1 Å². The highest BCUT2D eigenvalue weighted by Gasteiger charge is 2.35. The average molecular weight is 503 g/mol. The van der Waals surface area contributed by atoms with Gasteiger partial charge in [-0.2, -0.15) is 0 Å². The van der Waals surface area contributed by atoms with E-state index in [0.717, 1.165) is 59.5 Å². The first kappa shape index (κ1) is 26.0. The number of hydrogen-bond donors (Lipinski definition) is 2. The smallest absolute Gasteiger partial charge is 0.184 e. The topological polar surface area (TPSA) is 77.2 Å². The summed E-state index contributed by atoms with van der Waals surface area (Å²) in [6.45, 7) is 3.26. The van der Waals surface area contributed by atoms with Crippen LogP contribution < -0.4 is 5.73 Å². The van der Waals surface area contributed by atoms with Crippen LogP contribution in [-0.4, -0.2) is 49.0 Å². The van der Waals surface area contributed by atoms with Crippen LogP contribution in [0.25, 0.3) is 11.1 Å². The lowest BCUT2D eigenvalue weighted by molar-refractivity contribution is -0.253. The molecule has 0 bridgehead atoms. The SMILES string of the molecule is COC[C@@H]1CCCN1C[C@@H]1C[C@H](c2ccc(CO)cc2)O[C@H](c2ccc(-c3cccc(CN)c3)cc2)O1. The summed E-state index contributed by atoms with van der Waals surface area (Å²) in [5, 5.41) is 9.46. The van der Waals surface area contributed by atoms with Crippen molar-refractivity contribution in [2.45, 2.75) is 57.0 Å². The molecule has 0 unspecified atom stereocenters. The van der Waals surface area contributed by atoms with Crippen LogP contribution in [0.4, 0.5) is 0 Å². The highest BCUT2D eigenvalue weighted by atomic mass is 16.7. The van der Waals surface area contributed by atoms with Crippen LogP contribution in [0.15, 0.2) is 72.8 Å². The van der Waals surface area contributed by atoms with Gasteiger partial charge in [-0.25, -0.2) is 0 Å². The fourth-order valence-electron chi connectivity index (χ4n) is 5.52. The zero-order valence-electron chi connectivity index (χ0n) is 21.6. The summed E-state index contributed by atoms with van der Waals surface area (Å²) < 4.78 is 18.6. The molecular formula is C31H38N2O4.